The first kappa shape index (κ1) is 18.3. The predicted molar refractivity (Wildman–Crippen MR) is 103 cm³/mol. The number of likely N-dealkylation sites (tertiary alicyclic amines) is 2. The van der Waals surface area contributed by atoms with Gasteiger partial charge in [0.2, 0.25) is 5.91 Å². The lowest BCUT2D eigenvalue weighted by molar-refractivity contribution is -0.130. The molecular formula is C21H23N3O4. The number of hydrogen-bond acceptors (Lipinski definition) is 4. The van der Waals surface area contributed by atoms with E-state index in [2.05, 4.69) is 4.98 Å². The van der Waals surface area contributed by atoms with E-state index in [0.717, 1.165) is 11.3 Å². The van der Waals surface area contributed by atoms with Gasteiger partial charge in [0.05, 0.1) is 13.2 Å². The summed E-state index contributed by atoms with van der Waals surface area (Å²) in [5.74, 6) is 0.887. The summed E-state index contributed by atoms with van der Waals surface area (Å²) in [6.45, 7) is 3.28. The fraction of sp³-hybridized carbons (Fsp3) is 0.381. The highest BCUT2D eigenvalue weighted by atomic mass is 16.5. The van der Waals surface area contributed by atoms with Gasteiger partial charge in [-0.3, -0.25) is 14.4 Å². The second kappa shape index (κ2) is 7.14. The smallest absolute Gasteiger partial charge is 0.260 e. The minimum Gasteiger partial charge on any atom is -0.497 e. The normalized spacial score (nSPS) is 23.6. The van der Waals surface area contributed by atoms with Crippen molar-refractivity contribution in [2.45, 2.75) is 13.0 Å². The Balaban J connectivity index is 1.60. The number of benzene rings is 1. The molecule has 1 N–H and O–H groups in total. The quantitative estimate of drug-likeness (QED) is 0.877. The van der Waals surface area contributed by atoms with Crippen LogP contribution in [0, 0.1) is 11.8 Å². The van der Waals surface area contributed by atoms with Gasteiger partial charge in [-0.15, -0.1) is 0 Å². The van der Waals surface area contributed by atoms with Crippen LogP contribution in [0.25, 0.3) is 0 Å². The van der Waals surface area contributed by atoms with Crippen LogP contribution < -0.4 is 10.3 Å². The molecule has 0 radical (unpaired) electrons. The van der Waals surface area contributed by atoms with E-state index in [1.54, 1.807) is 31.1 Å². The average molecular weight is 381 g/mol. The van der Waals surface area contributed by atoms with E-state index in [4.69, 9.17) is 4.74 Å². The summed E-state index contributed by atoms with van der Waals surface area (Å²) in [4.78, 5) is 43.3. The van der Waals surface area contributed by atoms with Gasteiger partial charge in [-0.2, -0.15) is 0 Å². The molecule has 2 amide bonds. The summed E-state index contributed by atoms with van der Waals surface area (Å²) in [7, 11) is 1.62. The van der Waals surface area contributed by atoms with E-state index in [1.165, 1.54) is 6.20 Å². The summed E-state index contributed by atoms with van der Waals surface area (Å²) >= 11 is 0. The van der Waals surface area contributed by atoms with Crippen LogP contribution in [-0.4, -0.2) is 53.3 Å². The Morgan fingerprint density at radius 2 is 1.86 bits per heavy atom. The van der Waals surface area contributed by atoms with Gasteiger partial charge < -0.3 is 19.5 Å². The zero-order chi connectivity index (χ0) is 19.8. The highest BCUT2D eigenvalue weighted by Gasteiger charge is 2.49. The third-order valence-corrected chi connectivity index (χ3v) is 5.86. The molecule has 2 saturated heterocycles. The molecule has 0 bridgehead atoms. The standard InChI is InChI=1S/C21H23N3O4/c1-13(25)24-11-15-10-23(21(27)17-4-3-9-22-20(17)26)12-18(15)19(24)14-5-7-16(28-2)8-6-14/h3-9,15,18-19H,10-12H2,1-2H3,(H,22,26)/t15-,18-,19+/m1/s1. The molecule has 1 aromatic carbocycles. The Bertz CT molecular complexity index is 953. The molecular weight excluding hydrogens is 358 g/mol. The van der Waals surface area contributed by atoms with Crippen molar-refractivity contribution in [1.29, 1.82) is 0 Å². The van der Waals surface area contributed by atoms with Crippen molar-refractivity contribution < 1.29 is 14.3 Å². The SMILES string of the molecule is COc1ccc([C@H]2[C@@H]3CN(C(=O)c4ccc[nH]c4=O)C[C@@H]3CN2C(C)=O)cc1. The number of pyridine rings is 1. The molecule has 28 heavy (non-hydrogen) atoms. The Labute approximate surface area is 162 Å². The minimum atomic E-state index is -0.373. The number of fused-ring (bicyclic) bond motifs is 1. The van der Waals surface area contributed by atoms with Gasteiger partial charge in [0, 0.05) is 44.6 Å². The van der Waals surface area contributed by atoms with Crippen LogP contribution >= 0.6 is 0 Å². The summed E-state index contributed by atoms with van der Waals surface area (Å²) in [6.07, 6.45) is 1.52. The van der Waals surface area contributed by atoms with E-state index in [0.29, 0.717) is 19.6 Å². The third-order valence-electron chi connectivity index (χ3n) is 5.86. The van der Waals surface area contributed by atoms with Crippen LogP contribution in [0.1, 0.15) is 28.9 Å². The van der Waals surface area contributed by atoms with Gasteiger partial charge in [-0.1, -0.05) is 12.1 Å². The van der Waals surface area contributed by atoms with Gasteiger partial charge in [-0.25, -0.2) is 0 Å². The first-order valence-electron chi connectivity index (χ1n) is 9.37. The molecule has 4 rings (SSSR count). The second-order valence-corrected chi connectivity index (χ2v) is 7.44. The maximum absolute atomic E-state index is 12.8. The number of nitrogens with one attached hydrogen (secondary N) is 1. The lowest BCUT2D eigenvalue weighted by atomic mass is 9.89. The number of hydrogen-bond donors (Lipinski definition) is 1. The Morgan fingerprint density at radius 1 is 1.11 bits per heavy atom. The highest BCUT2D eigenvalue weighted by Crippen LogP contribution is 2.45. The number of carbonyl (C=O) groups is 2. The van der Waals surface area contributed by atoms with Crippen molar-refractivity contribution in [3.63, 3.8) is 0 Å². The lowest BCUT2D eigenvalue weighted by Crippen LogP contribution is -2.38. The molecule has 0 spiro atoms. The number of carbonyl (C=O) groups excluding carboxylic acids is 2. The third kappa shape index (κ3) is 3.06. The molecule has 7 heteroatoms. The second-order valence-electron chi connectivity index (χ2n) is 7.44. The average Bonchev–Trinajstić information content (AvgIpc) is 3.26. The predicted octanol–water partition coefficient (Wildman–Crippen LogP) is 1.68. The van der Waals surface area contributed by atoms with Crippen LogP contribution in [0.2, 0.25) is 0 Å². The molecule has 3 atom stereocenters. The number of ether oxygens (including phenoxy) is 1. The van der Waals surface area contributed by atoms with Gasteiger partial charge >= 0.3 is 0 Å². The zero-order valence-electron chi connectivity index (χ0n) is 15.9. The number of aromatic nitrogens is 1. The van der Waals surface area contributed by atoms with E-state index >= 15 is 0 Å². The minimum absolute atomic E-state index is 0.0348. The highest BCUT2D eigenvalue weighted by molar-refractivity contribution is 5.94. The van der Waals surface area contributed by atoms with Crippen LogP contribution in [0.4, 0.5) is 0 Å². The van der Waals surface area contributed by atoms with E-state index in [-0.39, 0.29) is 40.8 Å². The van der Waals surface area contributed by atoms with Gasteiger partial charge in [-0.05, 0) is 29.8 Å². The van der Waals surface area contributed by atoms with Gasteiger partial charge in [0.25, 0.3) is 11.5 Å². The molecule has 2 fully saturated rings. The first-order valence-corrected chi connectivity index (χ1v) is 9.37. The fourth-order valence-corrected chi connectivity index (χ4v) is 4.52. The Morgan fingerprint density at radius 3 is 2.50 bits per heavy atom. The molecule has 0 aliphatic carbocycles. The van der Waals surface area contributed by atoms with Crippen LogP contribution in [0.15, 0.2) is 47.4 Å². The van der Waals surface area contributed by atoms with Crippen molar-refractivity contribution in [3.05, 3.63) is 64.1 Å². The summed E-state index contributed by atoms with van der Waals surface area (Å²) in [5.41, 5.74) is 0.823. The molecule has 0 unspecified atom stereocenters. The van der Waals surface area contributed by atoms with Crippen LogP contribution in [0.5, 0.6) is 5.75 Å². The zero-order valence-corrected chi connectivity index (χ0v) is 15.9. The largest absolute Gasteiger partial charge is 0.497 e. The van der Waals surface area contributed by atoms with Crippen LogP contribution in [-0.2, 0) is 4.79 Å². The van der Waals surface area contributed by atoms with Crippen molar-refractivity contribution in [3.8, 4) is 5.75 Å². The van der Waals surface area contributed by atoms with Gasteiger partial charge in [0.1, 0.15) is 11.3 Å². The van der Waals surface area contributed by atoms with Crippen molar-refractivity contribution >= 4 is 11.8 Å². The molecule has 2 aromatic rings. The number of methoxy groups -OCH3 is 1. The summed E-state index contributed by atoms with van der Waals surface area (Å²) in [5, 5.41) is 0. The fourth-order valence-electron chi connectivity index (χ4n) is 4.52. The molecule has 1 aromatic heterocycles. The lowest BCUT2D eigenvalue weighted by Gasteiger charge is -2.29. The van der Waals surface area contributed by atoms with Gasteiger partial charge in [0.15, 0.2) is 0 Å². The number of rotatable bonds is 3. The monoisotopic (exact) mass is 381 g/mol. The molecule has 0 saturated carbocycles. The van der Waals surface area contributed by atoms with Crippen LogP contribution in [0.3, 0.4) is 0 Å². The molecule has 3 heterocycles. The van der Waals surface area contributed by atoms with E-state index in [9.17, 15) is 14.4 Å². The van der Waals surface area contributed by atoms with E-state index in [1.807, 2.05) is 29.2 Å². The Kier molecular flexibility index (Phi) is 4.66. The number of aromatic amines is 1. The number of amides is 2. The topological polar surface area (TPSA) is 82.7 Å². The maximum atomic E-state index is 12.8. The number of nitrogens with zero attached hydrogens (tertiary/aromatic N) is 2. The molecule has 7 nitrogen and oxygen atoms in total. The first-order chi connectivity index (χ1) is 13.5. The summed E-state index contributed by atoms with van der Waals surface area (Å²) in [6, 6.07) is 10.9. The Hall–Kier alpha value is -3.09. The number of H-pyrrole nitrogens is 1. The molecule has 2 aliphatic rings. The molecule has 146 valence electrons. The van der Waals surface area contributed by atoms with Crippen molar-refractivity contribution in [2.75, 3.05) is 26.7 Å². The van der Waals surface area contributed by atoms with Crippen molar-refractivity contribution in [2.24, 2.45) is 11.8 Å². The molecule has 2 aliphatic heterocycles. The van der Waals surface area contributed by atoms with E-state index < -0.39 is 0 Å². The van der Waals surface area contributed by atoms with Crippen molar-refractivity contribution in [1.82, 2.24) is 14.8 Å². The summed E-state index contributed by atoms with van der Waals surface area (Å²) < 4.78 is 5.24. The maximum Gasteiger partial charge on any atom is 0.260 e.